The number of hydrogen-bond donors (Lipinski definition) is 2. The van der Waals surface area contributed by atoms with Crippen molar-refractivity contribution in [3.63, 3.8) is 0 Å². The Morgan fingerprint density at radius 1 is 1.24 bits per heavy atom. The molecule has 2 fully saturated rings. The normalized spacial score (nSPS) is 23.4. The molecule has 0 saturated carbocycles. The second-order valence-corrected chi connectivity index (χ2v) is 6.73. The minimum Gasteiger partial charge on any atom is -0.480 e. The number of amides is 2. The Kier molecular flexibility index (Phi) is 5.86. The third-order valence-electron chi connectivity index (χ3n) is 5.17. The number of hydrogen-bond acceptors (Lipinski definition) is 5. The Bertz CT molecular complexity index is 620. The fraction of sp³-hybridized carbons (Fsp3) is 0.611. The lowest BCUT2D eigenvalue weighted by atomic mass is 9.83. The van der Waals surface area contributed by atoms with E-state index in [1.807, 2.05) is 0 Å². The molecule has 0 aromatic carbocycles. The van der Waals surface area contributed by atoms with Crippen LogP contribution < -0.4 is 15.4 Å². The molecule has 0 radical (unpaired) electrons. The molecule has 2 aliphatic rings. The Labute approximate surface area is 148 Å². The SMILES string of the molecule is COc1ncccc1NC(=O)C(=O)NC[C@@H]1CCCN2CCCCC12. The highest BCUT2D eigenvalue weighted by Crippen LogP contribution is 2.30. The number of aromatic nitrogens is 1. The van der Waals surface area contributed by atoms with E-state index in [4.69, 9.17) is 4.74 Å². The highest BCUT2D eigenvalue weighted by Gasteiger charge is 2.33. The smallest absolute Gasteiger partial charge is 0.313 e. The summed E-state index contributed by atoms with van der Waals surface area (Å²) in [5.74, 6) is -0.589. The number of nitrogens with one attached hydrogen (secondary N) is 2. The van der Waals surface area contributed by atoms with E-state index < -0.39 is 11.8 Å². The lowest BCUT2D eigenvalue weighted by Crippen LogP contribution is -2.51. The number of fused-ring (bicyclic) bond motifs is 1. The lowest BCUT2D eigenvalue weighted by Gasteiger charge is -2.44. The van der Waals surface area contributed by atoms with Crippen molar-refractivity contribution in [2.24, 2.45) is 5.92 Å². The number of carbonyl (C=O) groups is 2. The number of methoxy groups -OCH3 is 1. The summed E-state index contributed by atoms with van der Waals surface area (Å²) in [5.41, 5.74) is 0.390. The quantitative estimate of drug-likeness (QED) is 0.806. The van der Waals surface area contributed by atoms with Crippen molar-refractivity contribution in [2.75, 3.05) is 32.1 Å². The van der Waals surface area contributed by atoms with Crippen molar-refractivity contribution in [2.45, 2.75) is 38.1 Å². The molecule has 0 bridgehead atoms. The predicted octanol–water partition coefficient (Wildman–Crippen LogP) is 1.41. The summed E-state index contributed by atoms with van der Waals surface area (Å²) in [4.78, 5) is 30.8. The predicted molar refractivity (Wildman–Crippen MR) is 94.4 cm³/mol. The van der Waals surface area contributed by atoms with Gasteiger partial charge in [-0.15, -0.1) is 0 Å². The molecule has 2 saturated heterocycles. The molecule has 2 atom stereocenters. The van der Waals surface area contributed by atoms with Gasteiger partial charge in [0.1, 0.15) is 5.69 Å². The topological polar surface area (TPSA) is 83.6 Å². The van der Waals surface area contributed by atoms with Crippen LogP contribution >= 0.6 is 0 Å². The van der Waals surface area contributed by atoms with Gasteiger partial charge in [-0.3, -0.25) is 9.59 Å². The van der Waals surface area contributed by atoms with Gasteiger partial charge in [0.25, 0.3) is 0 Å². The molecule has 1 aromatic heterocycles. The van der Waals surface area contributed by atoms with Crippen molar-refractivity contribution in [3.8, 4) is 5.88 Å². The van der Waals surface area contributed by atoms with E-state index in [9.17, 15) is 9.59 Å². The Hall–Kier alpha value is -2.15. The zero-order valence-corrected chi connectivity index (χ0v) is 14.7. The first-order chi connectivity index (χ1) is 12.2. The minimum absolute atomic E-state index is 0.286. The lowest BCUT2D eigenvalue weighted by molar-refractivity contribution is -0.136. The molecule has 7 nitrogen and oxygen atoms in total. The van der Waals surface area contributed by atoms with Gasteiger partial charge in [0, 0.05) is 18.8 Å². The first-order valence-electron chi connectivity index (χ1n) is 9.01. The molecule has 7 heteroatoms. The molecular formula is C18H26N4O3. The third-order valence-corrected chi connectivity index (χ3v) is 5.17. The fourth-order valence-electron chi connectivity index (χ4n) is 3.95. The molecule has 3 heterocycles. The summed E-state index contributed by atoms with van der Waals surface area (Å²) < 4.78 is 5.08. The second-order valence-electron chi connectivity index (χ2n) is 6.73. The van der Waals surface area contributed by atoms with E-state index in [2.05, 4.69) is 20.5 Å². The standard InChI is InChI=1S/C18H26N4O3/c1-25-18-14(7-4-9-19-18)21-17(24)16(23)20-12-13-6-5-11-22-10-3-2-8-15(13)22/h4,7,9,13,15H,2-3,5-6,8,10-12H2,1H3,(H,20,23)(H,21,24)/t13-,15?/m0/s1. The molecule has 2 aliphatic heterocycles. The molecule has 2 amide bonds. The monoisotopic (exact) mass is 346 g/mol. The van der Waals surface area contributed by atoms with Crippen molar-refractivity contribution in [1.29, 1.82) is 0 Å². The van der Waals surface area contributed by atoms with Crippen LogP contribution in [-0.4, -0.2) is 54.5 Å². The number of carbonyl (C=O) groups excluding carboxylic acids is 2. The van der Waals surface area contributed by atoms with Crippen LogP contribution in [0.2, 0.25) is 0 Å². The summed E-state index contributed by atoms with van der Waals surface area (Å²) in [5, 5.41) is 5.36. The summed E-state index contributed by atoms with van der Waals surface area (Å²) in [6, 6.07) is 3.87. The third kappa shape index (κ3) is 4.28. The van der Waals surface area contributed by atoms with Gasteiger partial charge in [-0.05, 0) is 56.8 Å². The summed E-state index contributed by atoms with van der Waals surface area (Å²) in [7, 11) is 1.47. The van der Waals surface area contributed by atoms with Gasteiger partial charge in [-0.1, -0.05) is 6.42 Å². The van der Waals surface area contributed by atoms with Crippen LogP contribution in [0.1, 0.15) is 32.1 Å². The van der Waals surface area contributed by atoms with E-state index in [0.717, 1.165) is 25.9 Å². The van der Waals surface area contributed by atoms with Crippen molar-refractivity contribution >= 4 is 17.5 Å². The van der Waals surface area contributed by atoms with Crippen molar-refractivity contribution < 1.29 is 14.3 Å². The Morgan fingerprint density at radius 2 is 2.08 bits per heavy atom. The van der Waals surface area contributed by atoms with Crippen molar-refractivity contribution in [3.05, 3.63) is 18.3 Å². The zero-order chi connectivity index (χ0) is 17.6. The van der Waals surface area contributed by atoms with Crippen LogP contribution in [0.5, 0.6) is 5.88 Å². The number of rotatable bonds is 4. The van der Waals surface area contributed by atoms with Crippen LogP contribution in [0.3, 0.4) is 0 Å². The maximum Gasteiger partial charge on any atom is 0.313 e. The van der Waals surface area contributed by atoms with Gasteiger partial charge in [0.2, 0.25) is 5.88 Å². The summed E-state index contributed by atoms with van der Waals surface area (Å²) in [6.07, 6.45) is 7.56. The molecule has 1 aromatic rings. The molecule has 3 rings (SSSR count). The van der Waals surface area contributed by atoms with Gasteiger partial charge in [-0.25, -0.2) is 4.98 Å². The van der Waals surface area contributed by atoms with E-state index >= 15 is 0 Å². The second kappa shape index (κ2) is 8.29. The molecule has 0 spiro atoms. The summed E-state index contributed by atoms with van der Waals surface area (Å²) >= 11 is 0. The van der Waals surface area contributed by atoms with Gasteiger partial charge in [-0.2, -0.15) is 0 Å². The van der Waals surface area contributed by atoms with Crippen LogP contribution in [0, 0.1) is 5.92 Å². The molecular weight excluding hydrogens is 320 g/mol. The van der Waals surface area contributed by atoms with Crippen molar-refractivity contribution in [1.82, 2.24) is 15.2 Å². The Morgan fingerprint density at radius 3 is 2.92 bits per heavy atom. The van der Waals surface area contributed by atoms with E-state index in [1.165, 1.54) is 26.4 Å². The molecule has 25 heavy (non-hydrogen) atoms. The number of piperidine rings is 2. The van der Waals surface area contributed by atoms with Crippen LogP contribution in [0.15, 0.2) is 18.3 Å². The maximum atomic E-state index is 12.2. The van der Waals surface area contributed by atoms with Gasteiger partial charge in [0.05, 0.1) is 7.11 Å². The van der Waals surface area contributed by atoms with Gasteiger partial charge < -0.3 is 20.3 Å². The molecule has 136 valence electrons. The van der Waals surface area contributed by atoms with E-state index in [1.54, 1.807) is 18.3 Å². The highest BCUT2D eigenvalue weighted by molar-refractivity contribution is 6.39. The number of anilines is 1. The average Bonchev–Trinajstić information content (AvgIpc) is 2.66. The van der Waals surface area contributed by atoms with Crippen LogP contribution in [0.25, 0.3) is 0 Å². The number of ether oxygens (including phenoxy) is 1. The van der Waals surface area contributed by atoms with E-state index in [-0.39, 0.29) is 5.88 Å². The maximum absolute atomic E-state index is 12.2. The first-order valence-corrected chi connectivity index (χ1v) is 9.01. The zero-order valence-electron chi connectivity index (χ0n) is 14.7. The Balaban J connectivity index is 1.52. The van der Waals surface area contributed by atoms with E-state index in [0.29, 0.717) is 24.2 Å². The number of pyridine rings is 1. The largest absolute Gasteiger partial charge is 0.480 e. The van der Waals surface area contributed by atoms with Crippen LogP contribution in [0.4, 0.5) is 5.69 Å². The fourth-order valence-corrected chi connectivity index (χ4v) is 3.95. The first kappa shape index (κ1) is 17.7. The van der Waals surface area contributed by atoms with Gasteiger partial charge >= 0.3 is 11.8 Å². The molecule has 0 aliphatic carbocycles. The molecule has 2 N–H and O–H groups in total. The van der Waals surface area contributed by atoms with Crippen LogP contribution in [-0.2, 0) is 9.59 Å². The number of nitrogens with zero attached hydrogens (tertiary/aromatic N) is 2. The van der Waals surface area contributed by atoms with Gasteiger partial charge in [0.15, 0.2) is 0 Å². The molecule has 1 unspecified atom stereocenters. The average molecular weight is 346 g/mol. The minimum atomic E-state index is -0.692. The summed E-state index contributed by atoms with van der Waals surface area (Å²) in [6.45, 7) is 2.88. The highest BCUT2D eigenvalue weighted by atomic mass is 16.5.